The third kappa shape index (κ3) is 2.06. The van der Waals surface area contributed by atoms with Gasteiger partial charge in [-0.2, -0.15) is 0 Å². The normalized spacial score (nSPS) is 17.3. The minimum absolute atomic E-state index is 0.0920. The van der Waals surface area contributed by atoms with Crippen LogP contribution in [0.25, 0.3) is 0 Å². The molecule has 2 rings (SSSR count). The van der Waals surface area contributed by atoms with Gasteiger partial charge >= 0.3 is 0 Å². The fourth-order valence-electron chi connectivity index (χ4n) is 1.85. The molecule has 82 valence electrons. The predicted octanol–water partition coefficient (Wildman–Crippen LogP) is 1.37. The lowest BCUT2D eigenvalue weighted by Gasteiger charge is -2.29. The Kier molecular flexibility index (Phi) is 3.07. The minimum Gasteiger partial charge on any atom is -0.337 e. The van der Waals surface area contributed by atoms with Crippen LogP contribution in [0.4, 0.5) is 0 Å². The van der Waals surface area contributed by atoms with Crippen molar-refractivity contribution in [3.63, 3.8) is 0 Å². The van der Waals surface area contributed by atoms with Gasteiger partial charge in [-0.1, -0.05) is 6.92 Å². The summed E-state index contributed by atoms with van der Waals surface area (Å²) in [6.45, 7) is 3.51. The second kappa shape index (κ2) is 4.33. The molecule has 0 radical (unpaired) electrons. The highest BCUT2D eigenvalue weighted by molar-refractivity contribution is 7.10. The molecule has 3 nitrogen and oxygen atoms in total. The van der Waals surface area contributed by atoms with Crippen LogP contribution in [-0.4, -0.2) is 23.4 Å². The molecular formula is C11H16N2OS. The Morgan fingerprint density at radius 1 is 1.73 bits per heavy atom. The zero-order valence-electron chi connectivity index (χ0n) is 8.90. The van der Waals surface area contributed by atoms with Crippen LogP contribution in [0.2, 0.25) is 0 Å². The fraction of sp³-hybridized carbons (Fsp3) is 0.545. The first-order valence-corrected chi connectivity index (χ1v) is 6.20. The van der Waals surface area contributed by atoms with E-state index in [1.165, 1.54) is 10.4 Å². The van der Waals surface area contributed by atoms with Crippen molar-refractivity contribution in [2.75, 3.05) is 6.54 Å². The molecule has 1 aliphatic rings. The molecule has 0 aromatic carbocycles. The number of thiophene rings is 1. The Labute approximate surface area is 93.9 Å². The molecular weight excluding hydrogens is 208 g/mol. The van der Waals surface area contributed by atoms with Crippen molar-refractivity contribution in [2.24, 2.45) is 5.73 Å². The lowest BCUT2D eigenvalue weighted by molar-refractivity contribution is -0.133. The fourth-order valence-corrected chi connectivity index (χ4v) is 2.74. The molecule has 2 N–H and O–H groups in total. The summed E-state index contributed by atoms with van der Waals surface area (Å²) in [7, 11) is 0. The van der Waals surface area contributed by atoms with Crippen molar-refractivity contribution >= 4 is 17.2 Å². The van der Waals surface area contributed by atoms with Crippen LogP contribution in [-0.2, 0) is 17.8 Å². The maximum absolute atomic E-state index is 11.9. The molecule has 0 fully saturated rings. The van der Waals surface area contributed by atoms with E-state index in [1.807, 2.05) is 11.8 Å². The van der Waals surface area contributed by atoms with Crippen molar-refractivity contribution in [3.05, 3.63) is 21.9 Å². The Morgan fingerprint density at radius 2 is 2.53 bits per heavy atom. The van der Waals surface area contributed by atoms with E-state index >= 15 is 0 Å². The summed E-state index contributed by atoms with van der Waals surface area (Å²) in [6, 6.07) is 1.78. The van der Waals surface area contributed by atoms with E-state index in [-0.39, 0.29) is 11.9 Å². The van der Waals surface area contributed by atoms with Crippen molar-refractivity contribution in [3.8, 4) is 0 Å². The third-order valence-corrected chi connectivity index (χ3v) is 3.90. The Morgan fingerprint density at radius 3 is 3.27 bits per heavy atom. The molecule has 1 aromatic heterocycles. The van der Waals surface area contributed by atoms with Gasteiger partial charge in [0.15, 0.2) is 0 Å². The molecule has 2 heterocycles. The molecule has 1 aromatic rings. The highest BCUT2D eigenvalue weighted by Gasteiger charge is 2.24. The van der Waals surface area contributed by atoms with E-state index in [9.17, 15) is 4.79 Å². The van der Waals surface area contributed by atoms with Gasteiger partial charge in [0, 0.05) is 18.0 Å². The second-order valence-corrected chi connectivity index (χ2v) is 4.89. The summed E-state index contributed by atoms with van der Waals surface area (Å²) in [6.07, 6.45) is 1.70. The molecule has 1 aliphatic heterocycles. The van der Waals surface area contributed by atoms with Gasteiger partial charge in [0.05, 0.1) is 6.04 Å². The molecule has 0 saturated carbocycles. The summed E-state index contributed by atoms with van der Waals surface area (Å²) in [5.74, 6) is 0.0920. The van der Waals surface area contributed by atoms with Crippen molar-refractivity contribution in [1.82, 2.24) is 4.90 Å². The van der Waals surface area contributed by atoms with Crippen molar-refractivity contribution in [2.45, 2.75) is 32.4 Å². The first-order valence-electron chi connectivity index (χ1n) is 5.32. The van der Waals surface area contributed by atoms with Crippen LogP contribution < -0.4 is 5.73 Å². The quantitative estimate of drug-likeness (QED) is 0.824. The molecule has 15 heavy (non-hydrogen) atoms. The van der Waals surface area contributed by atoms with Crippen LogP contribution in [0.5, 0.6) is 0 Å². The Hall–Kier alpha value is -0.870. The van der Waals surface area contributed by atoms with E-state index in [0.717, 1.165) is 19.5 Å². The minimum atomic E-state index is -0.329. The Balaban J connectivity index is 2.06. The molecule has 0 saturated heterocycles. The maximum Gasteiger partial charge on any atom is 0.239 e. The number of hydrogen-bond acceptors (Lipinski definition) is 3. The topological polar surface area (TPSA) is 46.3 Å². The van der Waals surface area contributed by atoms with E-state index in [2.05, 4.69) is 11.4 Å². The van der Waals surface area contributed by atoms with Gasteiger partial charge in [-0.15, -0.1) is 11.3 Å². The van der Waals surface area contributed by atoms with E-state index in [0.29, 0.717) is 6.42 Å². The number of hydrogen-bond donors (Lipinski definition) is 1. The number of rotatable bonds is 2. The average Bonchev–Trinajstić information content (AvgIpc) is 2.73. The van der Waals surface area contributed by atoms with Crippen LogP contribution in [0, 0.1) is 0 Å². The van der Waals surface area contributed by atoms with Crippen LogP contribution >= 0.6 is 11.3 Å². The number of nitrogens with two attached hydrogens (primary N) is 1. The summed E-state index contributed by atoms with van der Waals surface area (Å²) in [5, 5.41) is 2.10. The standard InChI is InChI=1S/C11H16N2OS/c1-2-9(12)11(14)13-5-3-10-8(7-13)4-6-15-10/h4,6,9H,2-3,5,7,12H2,1H3/t9-/m0/s1. The first-order chi connectivity index (χ1) is 7.22. The molecule has 1 atom stereocenters. The predicted molar refractivity (Wildman–Crippen MR) is 61.7 cm³/mol. The van der Waals surface area contributed by atoms with Crippen molar-refractivity contribution < 1.29 is 4.79 Å². The summed E-state index contributed by atoms with van der Waals surface area (Å²) in [4.78, 5) is 15.2. The molecule has 1 amide bonds. The van der Waals surface area contributed by atoms with Crippen molar-refractivity contribution in [1.29, 1.82) is 0 Å². The number of carbonyl (C=O) groups is 1. The molecule has 4 heteroatoms. The number of amides is 1. The van der Waals surface area contributed by atoms with Gasteiger partial charge in [0.25, 0.3) is 0 Å². The molecule has 0 spiro atoms. The average molecular weight is 224 g/mol. The number of fused-ring (bicyclic) bond motifs is 1. The number of nitrogens with zero attached hydrogens (tertiary/aromatic N) is 1. The van der Waals surface area contributed by atoms with E-state index in [4.69, 9.17) is 5.73 Å². The van der Waals surface area contributed by atoms with E-state index in [1.54, 1.807) is 11.3 Å². The lowest BCUT2D eigenvalue weighted by Crippen LogP contribution is -2.45. The van der Waals surface area contributed by atoms with Gasteiger partial charge in [0.2, 0.25) is 5.91 Å². The second-order valence-electron chi connectivity index (χ2n) is 3.89. The van der Waals surface area contributed by atoms with Crippen LogP contribution in [0.3, 0.4) is 0 Å². The molecule has 0 aliphatic carbocycles. The Bertz CT molecular complexity index is 361. The van der Waals surface area contributed by atoms with Crippen LogP contribution in [0.1, 0.15) is 23.8 Å². The maximum atomic E-state index is 11.9. The highest BCUT2D eigenvalue weighted by atomic mass is 32.1. The lowest BCUT2D eigenvalue weighted by atomic mass is 10.1. The molecule has 0 bridgehead atoms. The SMILES string of the molecule is CC[C@H](N)C(=O)N1CCc2sccc2C1. The van der Waals surface area contributed by atoms with Gasteiger partial charge < -0.3 is 10.6 Å². The third-order valence-electron chi connectivity index (χ3n) is 2.88. The summed E-state index contributed by atoms with van der Waals surface area (Å²) >= 11 is 1.78. The van der Waals surface area contributed by atoms with Gasteiger partial charge in [-0.3, -0.25) is 4.79 Å². The zero-order chi connectivity index (χ0) is 10.8. The van der Waals surface area contributed by atoms with Gasteiger partial charge in [0.1, 0.15) is 0 Å². The summed E-state index contributed by atoms with van der Waals surface area (Å²) < 4.78 is 0. The van der Waals surface area contributed by atoms with E-state index < -0.39 is 0 Å². The highest BCUT2D eigenvalue weighted by Crippen LogP contribution is 2.24. The smallest absolute Gasteiger partial charge is 0.239 e. The first kappa shape index (κ1) is 10.6. The zero-order valence-corrected chi connectivity index (χ0v) is 9.72. The monoisotopic (exact) mass is 224 g/mol. The van der Waals surface area contributed by atoms with Gasteiger partial charge in [-0.05, 0) is 29.9 Å². The largest absolute Gasteiger partial charge is 0.337 e. The molecule has 0 unspecified atom stereocenters. The van der Waals surface area contributed by atoms with Gasteiger partial charge in [-0.25, -0.2) is 0 Å². The number of carbonyl (C=O) groups excluding carboxylic acids is 1. The summed E-state index contributed by atoms with van der Waals surface area (Å²) in [5.41, 5.74) is 7.05. The van der Waals surface area contributed by atoms with Crippen LogP contribution in [0.15, 0.2) is 11.4 Å².